The van der Waals surface area contributed by atoms with Crippen molar-refractivity contribution in [3.8, 4) is 0 Å². The Kier molecular flexibility index (Phi) is 7.58. The van der Waals surface area contributed by atoms with Crippen molar-refractivity contribution >= 4 is 0 Å². The van der Waals surface area contributed by atoms with Gasteiger partial charge in [-0.2, -0.15) is 0 Å². The van der Waals surface area contributed by atoms with E-state index >= 15 is 0 Å². The minimum atomic E-state index is 0.557. The summed E-state index contributed by atoms with van der Waals surface area (Å²) in [6.07, 6.45) is 5.44. The Labute approximate surface area is 78.1 Å². The van der Waals surface area contributed by atoms with Crippen LogP contribution >= 0.6 is 0 Å². The number of hydrogen-bond acceptors (Lipinski definition) is 1. The second-order valence-electron chi connectivity index (χ2n) is 3.93. The second kappa shape index (κ2) is 7.60. The molecule has 1 heteroatoms. The molecule has 0 aliphatic heterocycles. The first-order chi connectivity index (χ1) is 5.66. The molecule has 1 radical (unpaired) electrons. The maximum absolute atomic E-state index is 3.98. The highest BCUT2D eigenvalue weighted by Crippen LogP contribution is 2.01. The zero-order chi connectivity index (χ0) is 9.40. The summed E-state index contributed by atoms with van der Waals surface area (Å²) in [5.74, 6) is 0.557. The molecule has 0 saturated heterocycles. The minimum absolute atomic E-state index is 0.557. The first-order valence-corrected chi connectivity index (χ1v) is 5.18. The Morgan fingerprint density at radius 1 is 1.25 bits per heavy atom. The first-order valence-electron chi connectivity index (χ1n) is 5.18. The lowest BCUT2D eigenvalue weighted by Gasteiger charge is -2.18. The van der Waals surface area contributed by atoms with E-state index in [4.69, 9.17) is 0 Å². The van der Waals surface area contributed by atoms with E-state index < -0.39 is 0 Å². The highest BCUT2D eigenvalue weighted by atomic mass is 15.1. The van der Waals surface area contributed by atoms with Crippen molar-refractivity contribution in [3.63, 3.8) is 0 Å². The topological polar surface area (TPSA) is 3.24 Å². The molecule has 12 heavy (non-hydrogen) atoms. The van der Waals surface area contributed by atoms with Gasteiger partial charge in [-0.05, 0) is 32.9 Å². The SMILES string of the molecule is [CH2]C(C)CN(C)CCCCCC. The normalized spacial score (nSPS) is 11.5. The fourth-order valence-electron chi connectivity index (χ4n) is 1.43. The fourth-order valence-corrected chi connectivity index (χ4v) is 1.43. The van der Waals surface area contributed by atoms with Crippen LogP contribution in [0.5, 0.6) is 0 Å². The molecule has 0 aliphatic rings. The summed E-state index contributed by atoms with van der Waals surface area (Å²) in [7, 11) is 2.19. The molecule has 0 aromatic rings. The zero-order valence-corrected chi connectivity index (χ0v) is 8.97. The third-order valence-corrected chi connectivity index (χ3v) is 2.02. The summed E-state index contributed by atoms with van der Waals surface area (Å²) in [6.45, 7) is 10.8. The van der Waals surface area contributed by atoms with Gasteiger partial charge >= 0.3 is 0 Å². The van der Waals surface area contributed by atoms with E-state index in [1.807, 2.05) is 0 Å². The number of unbranched alkanes of at least 4 members (excludes halogenated alkanes) is 3. The van der Waals surface area contributed by atoms with Crippen LogP contribution in [0.4, 0.5) is 0 Å². The van der Waals surface area contributed by atoms with E-state index in [0.717, 1.165) is 6.54 Å². The predicted octanol–water partition coefficient (Wildman–Crippen LogP) is 2.97. The molecule has 0 aromatic carbocycles. The molecule has 73 valence electrons. The largest absolute Gasteiger partial charge is 0.306 e. The van der Waals surface area contributed by atoms with Crippen LogP contribution in [0.25, 0.3) is 0 Å². The summed E-state index contributed by atoms with van der Waals surface area (Å²) in [4.78, 5) is 2.38. The van der Waals surface area contributed by atoms with Crippen molar-refractivity contribution in [2.24, 2.45) is 5.92 Å². The van der Waals surface area contributed by atoms with E-state index in [9.17, 15) is 0 Å². The maximum Gasteiger partial charge on any atom is 0.000397 e. The highest BCUT2D eigenvalue weighted by Gasteiger charge is 2.00. The van der Waals surface area contributed by atoms with Gasteiger partial charge in [0.1, 0.15) is 0 Å². The van der Waals surface area contributed by atoms with Crippen molar-refractivity contribution < 1.29 is 0 Å². The van der Waals surface area contributed by atoms with Crippen molar-refractivity contribution in [2.45, 2.75) is 39.5 Å². The summed E-state index contributed by atoms with van der Waals surface area (Å²) in [5, 5.41) is 0. The Hall–Kier alpha value is -0.0400. The molecule has 1 unspecified atom stereocenters. The Bertz CT molecular complexity index is 89.0. The van der Waals surface area contributed by atoms with E-state index in [-0.39, 0.29) is 0 Å². The van der Waals surface area contributed by atoms with Gasteiger partial charge in [0.15, 0.2) is 0 Å². The van der Waals surface area contributed by atoms with E-state index in [1.165, 1.54) is 32.2 Å². The monoisotopic (exact) mass is 170 g/mol. The van der Waals surface area contributed by atoms with E-state index in [1.54, 1.807) is 0 Å². The molecular weight excluding hydrogens is 146 g/mol. The highest BCUT2D eigenvalue weighted by molar-refractivity contribution is 4.60. The van der Waals surface area contributed by atoms with Gasteiger partial charge in [0, 0.05) is 6.54 Å². The van der Waals surface area contributed by atoms with Crippen LogP contribution in [0.15, 0.2) is 0 Å². The minimum Gasteiger partial charge on any atom is -0.306 e. The van der Waals surface area contributed by atoms with Gasteiger partial charge in [-0.1, -0.05) is 33.1 Å². The predicted molar refractivity (Wildman–Crippen MR) is 56.2 cm³/mol. The van der Waals surface area contributed by atoms with Crippen LogP contribution in [0, 0.1) is 12.8 Å². The number of hydrogen-bond donors (Lipinski definition) is 0. The van der Waals surface area contributed by atoms with Crippen LogP contribution in [0.1, 0.15) is 39.5 Å². The van der Waals surface area contributed by atoms with Gasteiger partial charge in [0.25, 0.3) is 0 Å². The first kappa shape index (κ1) is 12.0. The molecule has 0 rings (SSSR count). The summed E-state index contributed by atoms with van der Waals surface area (Å²) in [5.41, 5.74) is 0. The van der Waals surface area contributed by atoms with Gasteiger partial charge in [0.2, 0.25) is 0 Å². The molecule has 0 spiro atoms. The average molecular weight is 170 g/mol. The van der Waals surface area contributed by atoms with Crippen molar-refractivity contribution in [1.82, 2.24) is 4.90 Å². The molecule has 1 atom stereocenters. The van der Waals surface area contributed by atoms with E-state index in [2.05, 4.69) is 32.7 Å². The van der Waals surface area contributed by atoms with Crippen LogP contribution < -0.4 is 0 Å². The van der Waals surface area contributed by atoms with Crippen LogP contribution in [0.2, 0.25) is 0 Å². The number of nitrogens with zero attached hydrogens (tertiary/aromatic N) is 1. The fraction of sp³-hybridized carbons (Fsp3) is 0.909. The summed E-state index contributed by atoms with van der Waals surface area (Å²) in [6, 6.07) is 0. The van der Waals surface area contributed by atoms with Gasteiger partial charge in [0.05, 0.1) is 0 Å². The average Bonchev–Trinajstić information content (AvgIpc) is 1.97. The van der Waals surface area contributed by atoms with Gasteiger partial charge < -0.3 is 4.90 Å². The molecule has 0 heterocycles. The quantitative estimate of drug-likeness (QED) is 0.531. The van der Waals surface area contributed by atoms with Crippen LogP contribution in [-0.2, 0) is 0 Å². The lowest BCUT2D eigenvalue weighted by molar-refractivity contribution is 0.299. The van der Waals surface area contributed by atoms with Crippen LogP contribution in [0.3, 0.4) is 0 Å². The molecule has 0 bridgehead atoms. The Morgan fingerprint density at radius 2 is 1.92 bits per heavy atom. The molecule has 0 saturated carbocycles. The van der Waals surface area contributed by atoms with Crippen molar-refractivity contribution in [1.29, 1.82) is 0 Å². The molecule has 0 amide bonds. The Morgan fingerprint density at radius 3 is 2.42 bits per heavy atom. The molecular formula is C11H24N. The maximum atomic E-state index is 3.98. The molecule has 0 aliphatic carbocycles. The standard InChI is InChI=1S/C11H24N/c1-5-6-7-8-9-12(4)10-11(2)3/h11H,2,5-10H2,1,3-4H3. The smallest absolute Gasteiger partial charge is 0.000397 e. The number of rotatable bonds is 7. The van der Waals surface area contributed by atoms with Gasteiger partial charge in [-0.3, -0.25) is 0 Å². The van der Waals surface area contributed by atoms with E-state index in [0.29, 0.717) is 5.92 Å². The van der Waals surface area contributed by atoms with Gasteiger partial charge in [-0.25, -0.2) is 0 Å². The third-order valence-electron chi connectivity index (χ3n) is 2.02. The summed E-state index contributed by atoms with van der Waals surface area (Å²) < 4.78 is 0. The second-order valence-corrected chi connectivity index (χ2v) is 3.93. The zero-order valence-electron chi connectivity index (χ0n) is 8.97. The summed E-state index contributed by atoms with van der Waals surface area (Å²) >= 11 is 0. The molecule has 0 aromatic heterocycles. The molecule has 0 fully saturated rings. The third kappa shape index (κ3) is 8.06. The van der Waals surface area contributed by atoms with Gasteiger partial charge in [-0.15, -0.1) is 0 Å². The van der Waals surface area contributed by atoms with Crippen LogP contribution in [-0.4, -0.2) is 25.0 Å². The lowest BCUT2D eigenvalue weighted by atomic mass is 10.2. The molecule has 1 nitrogen and oxygen atoms in total. The Balaban J connectivity index is 3.14. The molecule has 0 N–H and O–H groups in total. The van der Waals surface area contributed by atoms with Crippen molar-refractivity contribution in [3.05, 3.63) is 6.92 Å². The lowest BCUT2D eigenvalue weighted by Crippen LogP contribution is -2.24. The van der Waals surface area contributed by atoms with Crippen molar-refractivity contribution in [2.75, 3.05) is 20.1 Å².